The highest BCUT2D eigenvalue weighted by Crippen LogP contribution is 2.55. The molecule has 2 heteroatoms. The Balaban J connectivity index is 1.72. The molecule has 0 saturated heterocycles. The van der Waals surface area contributed by atoms with Crippen LogP contribution in [0.5, 0.6) is 0 Å². The van der Waals surface area contributed by atoms with Crippen molar-refractivity contribution in [2.45, 2.75) is 54.6 Å². The summed E-state index contributed by atoms with van der Waals surface area (Å²) < 4.78 is 0. The lowest BCUT2D eigenvalue weighted by molar-refractivity contribution is 0.190. The zero-order valence-electron chi connectivity index (χ0n) is 9.17. The molecule has 3 fully saturated rings. The van der Waals surface area contributed by atoms with E-state index in [0.717, 1.165) is 33.3 Å². The Morgan fingerprint density at radius 2 is 1.07 bits per heavy atom. The van der Waals surface area contributed by atoms with Gasteiger partial charge in [0, 0.05) is 9.65 Å². The molecule has 0 aromatic carbocycles. The first kappa shape index (κ1) is 11.1. The molecule has 6 atom stereocenters. The summed E-state index contributed by atoms with van der Waals surface area (Å²) in [5.74, 6) is 4.33. The highest BCUT2D eigenvalue weighted by molar-refractivity contribution is 9.09. The van der Waals surface area contributed by atoms with Crippen molar-refractivity contribution in [3.05, 3.63) is 0 Å². The van der Waals surface area contributed by atoms with Crippen LogP contribution >= 0.6 is 31.9 Å². The first-order valence-corrected chi connectivity index (χ1v) is 8.35. The number of alkyl halides is 2. The van der Waals surface area contributed by atoms with Crippen molar-refractivity contribution in [2.75, 3.05) is 0 Å². The number of hydrogen-bond acceptors (Lipinski definition) is 0. The van der Waals surface area contributed by atoms with E-state index < -0.39 is 0 Å². The van der Waals surface area contributed by atoms with Crippen LogP contribution in [-0.2, 0) is 0 Å². The number of rotatable bonds is 0. The van der Waals surface area contributed by atoms with E-state index in [2.05, 4.69) is 31.9 Å². The maximum atomic E-state index is 3.83. The van der Waals surface area contributed by atoms with E-state index >= 15 is 0 Å². The van der Waals surface area contributed by atoms with Gasteiger partial charge >= 0.3 is 0 Å². The Morgan fingerprint density at radius 3 is 1.53 bits per heavy atom. The molecule has 0 spiro atoms. The molecule has 0 aliphatic heterocycles. The molecule has 86 valence electrons. The molecule has 0 amide bonds. The van der Waals surface area contributed by atoms with Gasteiger partial charge in [-0.05, 0) is 68.6 Å². The molecule has 0 N–H and O–H groups in total. The normalized spacial score (nSPS) is 54.8. The second-order valence-corrected chi connectivity index (χ2v) is 8.49. The maximum Gasteiger partial charge on any atom is 0.0148 e. The van der Waals surface area contributed by atoms with Crippen molar-refractivity contribution in [3.63, 3.8) is 0 Å². The maximum absolute atomic E-state index is 3.83. The SMILES string of the molecule is BrC1CCC2C(C1)CC1CC(Br)CCC12. The Morgan fingerprint density at radius 1 is 0.600 bits per heavy atom. The number of halogens is 2. The third kappa shape index (κ3) is 2.06. The van der Waals surface area contributed by atoms with Crippen LogP contribution in [-0.4, -0.2) is 9.65 Å². The van der Waals surface area contributed by atoms with Crippen molar-refractivity contribution >= 4 is 31.9 Å². The smallest absolute Gasteiger partial charge is 0.0148 e. The van der Waals surface area contributed by atoms with E-state index in [9.17, 15) is 0 Å². The van der Waals surface area contributed by atoms with Crippen molar-refractivity contribution < 1.29 is 0 Å². The minimum atomic E-state index is 0.832. The molecule has 3 aliphatic rings. The lowest BCUT2D eigenvalue weighted by atomic mass is 9.73. The average molecular weight is 336 g/mol. The van der Waals surface area contributed by atoms with Crippen molar-refractivity contribution in [3.8, 4) is 0 Å². The molecule has 15 heavy (non-hydrogen) atoms. The van der Waals surface area contributed by atoms with Crippen LogP contribution in [0, 0.1) is 23.7 Å². The van der Waals surface area contributed by atoms with Gasteiger partial charge in [-0.1, -0.05) is 31.9 Å². The minimum Gasteiger partial charge on any atom is -0.0891 e. The first-order valence-electron chi connectivity index (χ1n) is 6.52. The molecule has 0 aromatic rings. The minimum absolute atomic E-state index is 0.832. The van der Waals surface area contributed by atoms with Crippen LogP contribution < -0.4 is 0 Å². The van der Waals surface area contributed by atoms with Crippen LogP contribution in [0.4, 0.5) is 0 Å². The largest absolute Gasteiger partial charge is 0.0891 e. The van der Waals surface area contributed by atoms with Crippen LogP contribution in [0.1, 0.15) is 44.9 Å². The van der Waals surface area contributed by atoms with Gasteiger partial charge in [0.15, 0.2) is 0 Å². The summed E-state index contributed by atoms with van der Waals surface area (Å²) in [5.41, 5.74) is 0. The topological polar surface area (TPSA) is 0 Å². The Bertz CT molecular complexity index is 217. The Labute approximate surface area is 110 Å². The Kier molecular flexibility index (Phi) is 3.19. The zero-order chi connectivity index (χ0) is 10.4. The van der Waals surface area contributed by atoms with E-state index in [1.54, 1.807) is 6.42 Å². The molecule has 6 unspecified atom stereocenters. The van der Waals surface area contributed by atoms with Gasteiger partial charge in [-0.2, -0.15) is 0 Å². The fourth-order valence-corrected chi connectivity index (χ4v) is 6.01. The lowest BCUT2D eigenvalue weighted by Gasteiger charge is -2.35. The van der Waals surface area contributed by atoms with E-state index in [4.69, 9.17) is 0 Å². The standard InChI is InChI=1S/C13H20Br2/c14-10-1-3-12-8(6-10)5-9-7-11(15)2-4-13(9)12/h8-13H,1-7H2. The van der Waals surface area contributed by atoms with Gasteiger partial charge in [0.05, 0.1) is 0 Å². The van der Waals surface area contributed by atoms with Gasteiger partial charge < -0.3 is 0 Å². The quantitative estimate of drug-likeness (QED) is 0.560. The van der Waals surface area contributed by atoms with E-state index in [1.807, 2.05) is 0 Å². The molecule has 3 saturated carbocycles. The molecule has 0 bridgehead atoms. The number of hydrogen-bond donors (Lipinski definition) is 0. The number of fused-ring (bicyclic) bond motifs is 3. The predicted octanol–water partition coefficient (Wildman–Crippen LogP) is 4.75. The summed E-state index contributed by atoms with van der Waals surface area (Å²) in [6, 6.07) is 0. The fraction of sp³-hybridized carbons (Fsp3) is 1.00. The molecule has 0 heterocycles. The summed E-state index contributed by atoms with van der Waals surface area (Å²) in [5, 5.41) is 0. The second-order valence-electron chi connectivity index (χ2n) is 5.90. The van der Waals surface area contributed by atoms with Gasteiger partial charge in [-0.25, -0.2) is 0 Å². The monoisotopic (exact) mass is 334 g/mol. The highest BCUT2D eigenvalue weighted by atomic mass is 79.9. The lowest BCUT2D eigenvalue weighted by Crippen LogP contribution is -2.28. The molecular weight excluding hydrogens is 316 g/mol. The summed E-state index contributed by atoms with van der Waals surface area (Å²) in [4.78, 5) is 1.66. The van der Waals surface area contributed by atoms with Crippen molar-refractivity contribution in [2.24, 2.45) is 23.7 Å². The van der Waals surface area contributed by atoms with Crippen LogP contribution in [0.2, 0.25) is 0 Å². The van der Waals surface area contributed by atoms with Gasteiger partial charge in [0.25, 0.3) is 0 Å². The third-order valence-electron chi connectivity index (χ3n) is 5.11. The predicted molar refractivity (Wildman–Crippen MR) is 71.7 cm³/mol. The zero-order valence-corrected chi connectivity index (χ0v) is 12.3. The van der Waals surface area contributed by atoms with Crippen LogP contribution in [0.25, 0.3) is 0 Å². The third-order valence-corrected chi connectivity index (χ3v) is 6.77. The average Bonchev–Trinajstić information content (AvgIpc) is 2.53. The van der Waals surface area contributed by atoms with Crippen LogP contribution in [0.3, 0.4) is 0 Å². The summed E-state index contributed by atoms with van der Waals surface area (Å²) in [6.45, 7) is 0. The molecule has 0 aromatic heterocycles. The molecule has 3 aliphatic carbocycles. The summed E-state index contributed by atoms with van der Waals surface area (Å²) >= 11 is 7.65. The summed E-state index contributed by atoms with van der Waals surface area (Å²) in [6.07, 6.45) is 10.3. The molecule has 0 nitrogen and oxygen atoms in total. The molecular formula is C13H20Br2. The fourth-order valence-electron chi connectivity index (χ4n) is 4.52. The first-order chi connectivity index (χ1) is 7.24. The van der Waals surface area contributed by atoms with Crippen molar-refractivity contribution in [1.29, 1.82) is 0 Å². The van der Waals surface area contributed by atoms with Gasteiger partial charge in [-0.3, -0.25) is 0 Å². The van der Waals surface area contributed by atoms with E-state index in [1.165, 1.54) is 38.5 Å². The second kappa shape index (κ2) is 4.33. The molecule has 3 rings (SSSR count). The van der Waals surface area contributed by atoms with Gasteiger partial charge in [0.2, 0.25) is 0 Å². The van der Waals surface area contributed by atoms with Gasteiger partial charge in [-0.15, -0.1) is 0 Å². The highest BCUT2D eigenvalue weighted by Gasteiger charge is 2.46. The van der Waals surface area contributed by atoms with E-state index in [0.29, 0.717) is 0 Å². The van der Waals surface area contributed by atoms with E-state index in [-0.39, 0.29) is 0 Å². The summed E-state index contributed by atoms with van der Waals surface area (Å²) in [7, 11) is 0. The van der Waals surface area contributed by atoms with Crippen molar-refractivity contribution in [1.82, 2.24) is 0 Å². The molecule has 0 radical (unpaired) electrons. The van der Waals surface area contributed by atoms with Gasteiger partial charge in [0.1, 0.15) is 0 Å². The Hall–Kier alpha value is 0.960. The van der Waals surface area contributed by atoms with Crippen LogP contribution in [0.15, 0.2) is 0 Å².